The third-order valence-electron chi connectivity index (χ3n) is 5.84. The fourth-order valence-corrected chi connectivity index (χ4v) is 5.93. The number of ether oxygens (including phenoxy) is 2. The highest BCUT2D eigenvalue weighted by atomic mass is 32.2. The lowest BCUT2D eigenvalue weighted by Gasteiger charge is -2.17. The number of aromatic nitrogens is 1. The van der Waals surface area contributed by atoms with Gasteiger partial charge in [-0.3, -0.25) is 4.79 Å². The molecule has 3 aromatic rings. The molecule has 1 fully saturated rings. The van der Waals surface area contributed by atoms with Crippen LogP contribution in [0.4, 0.5) is 0 Å². The third kappa shape index (κ3) is 4.56. The van der Waals surface area contributed by atoms with Gasteiger partial charge >= 0.3 is 5.97 Å². The van der Waals surface area contributed by atoms with Gasteiger partial charge in [0, 0.05) is 30.6 Å². The van der Waals surface area contributed by atoms with E-state index in [1.165, 1.54) is 4.31 Å². The van der Waals surface area contributed by atoms with E-state index in [1.807, 2.05) is 32.2 Å². The van der Waals surface area contributed by atoms with Crippen molar-refractivity contribution in [2.45, 2.75) is 43.7 Å². The van der Waals surface area contributed by atoms with Gasteiger partial charge in [0.15, 0.2) is 0 Å². The third-order valence-corrected chi connectivity index (χ3v) is 7.72. The fourth-order valence-electron chi connectivity index (χ4n) is 4.43. The molecule has 8 nitrogen and oxygen atoms in total. The number of fused-ring (bicyclic) bond motifs is 1. The smallest absolute Gasteiger partial charge is 0.323 e. The molecule has 0 radical (unpaired) electrons. The quantitative estimate of drug-likeness (QED) is 0.537. The summed E-state index contributed by atoms with van der Waals surface area (Å²) in [5, 5.41) is 10.2. The first-order chi connectivity index (χ1) is 15.7. The Morgan fingerprint density at radius 2 is 1.91 bits per heavy atom. The van der Waals surface area contributed by atoms with Crippen molar-refractivity contribution in [3.05, 3.63) is 54.2 Å². The molecule has 0 saturated carbocycles. The zero-order chi connectivity index (χ0) is 23.8. The van der Waals surface area contributed by atoms with Gasteiger partial charge in [0.1, 0.15) is 18.0 Å². The highest BCUT2D eigenvalue weighted by molar-refractivity contribution is 7.89. The molecule has 1 unspecified atom stereocenters. The fraction of sp³-hybridized carbons (Fsp3) is 0.375. The predicted octanol–water partition coefficient (Wildman–Crippen LogP) is 3.70. The van der Waals surface area contributed by atoms with Crippen molar-refractivity contribution in [2.24, 2.45) is 0 Å². The lowest BCUT2D eigenvalue weighted by atomic mass is 9.98. The number of carbonyl (C=O) groups is 1. The SMILES string of the molecule is COc1cccc2c(C3CCN(S(=O)(=O)c4ccc(OC(C)C)cc4)C3)cn(CC(=O)O)c12. The predicted molar refractivity (Wildman–Crippen MR) is 124 cm³/mol. The molecule has 0 aliphatic carbocycles. The zero-order valence-electron chi connectivity index (χ0n) is 18.9. The van der Waals surface area contributed by atoms with Gasteiger partial charge in [-0.15, -0.1) is 0 Å². The summed E-state index contributed by atoms with van der Waals surface area (Å²) >= 11 is 0. The van der Waals surface area contributed by atoms with Gasteiger partial charge in [-0.1, -0.05) is 12.1 Å². The molecule has 33 heavy (non-hydrogen) atoms. The minimum atomic E-state index is -3.65. The summed E-state index contributed by atoms with van der Waals surface area (Å²) in [5.41, 5.74) is 1.64. The average molecular weight is 473 g/mol. The van der Waals surface area contributed by atoms with Gasteiger partial charge in [-0.05, 0) is 56.2 Å². The summed E-state index contributed by atoms with van der Waals surface area (Å²) in [6.07, 6.45) is 2.48. The summed E-state index contributed by atoms with van der Waals surface area (Å²) in [7, 11) is -2.10. The molecule has 0 amide bonds. The summed E-state index contributed by atoms with van der Waals surface area (Å²) in [5.74, 6) is 0.215. The Morgan fingerprint density at radius 1 is 1.18 bits per heavy atom. The van der Waals surface area contributed by atoms with E-state index in [0.717, 1.165) is 10.9 Å². The number of rotatable bonds is 8. The van der Waals surface area contributed by atoms with E-state index in [-0.39, 0.29) is 23.5 Å². The molecule has 4 rings (SSSR count). The molecule has 1 atom stereocenters. The largest absolute Gasteiger partial charge is 0.495 e. The number of sulfonamides is 1. The lowest BCUT2D eigenvalue weighted by molar-refractivity contribution is -0.137. The monoisotopic (exact) mass is 472 g/mol. The Balaban J connectivity index is 1.62. The number of carboxylic acids is 1. The minimum Gasteiger partial charge on any atom is -0.495 e. The molecule has 1 saturated heterocycles. The first-order valence-corrected chi connectivity index (χ1v) is 12.3. The Morgan fingerprint density at radius 3 is 2.55 bits per heavy atom. The number of carboxylic acid groups (broad SMARTS) is 1. The van der Waals surface area contributed by atoms with Crippen molar-refractivity contribution in [1.29, 1.82) is 0 Å². The van der Waals surface area contributed by atoms with E-state index in [1.54, 1.807) is 42.0 Å². The Hall–Kier alpha value is -3.04. The average Bonchev–Trinajstić information content (AvgIpc) is 3.39. The van der Waals surface area contributed by atoms with Crippen LogP contribution in [0.2, 0.25) is 0 Å². The second-order valence-electron chi connectivity index (χ2n) is 8.45. The molecule has 2 heterocycles. The molecule has 0 spiro atoms. The van der Waals surface area contributed by atoms with Crippen molar-refractivity contribution >= 4 is 26.9 Å². The van der Waals surface area contributed by atoms with E-state index >= 15 is 0 Å². The first kappa shape index (κ1) is 23.1. The molecule has 0 bridgehead atoms. The van der Waals surface area contributed by atoms with E-state index in [2.05, 4.69) is 0 Å². The van der Waals surface area contributed by atoms with Crippen molar-refractivity contribution in [2.75, 3.05) is 20.2 Å². The molecule has 1 aliphatic heterocycles. The molecule has 176 valence electrons. The molecule has 9 heteroatoms. The summed E-state index contributed by atoms with van der Waals surface area (Å²) in [6.45, 7) is 4.36. The van der Waals surface area contributed by atoms with Crippen molar-refractivity contribution in [1.82, 2.24) is 8.87 Å². The van der Waals surface area contributed by atoms with Gasteiger partial charge in [0.25, 0.3) is 0 Å². The van der Waals surface area contributed by atoms with E-state index in [9.17, 15) is 18.3 Å². The van der Waals surface area contributed by atoms with Crippen LogP contribution in [-0.2, 0) is 21.4 Å². The number of hydrogen-bond acceptors (Lipinski definition) is 5. The van der Waals surface area contributed by atoms with Crippen molar-refractivity contribution < 1.29 is 27.8 Å². The van der Waals surface area contributed by atoms with Crippen LogP contribution in [0.25, 0.3) is 10.9 Å². The maximum Gasteiger partial charge on any atom is 0.323 e. The maximum absolute atomic E-state index is 13.2. The molecule has 2 aromatic carbocycles. The topological polar surface area (TPSA) is 98.1 Å². The number of methoxy groups -OCH3 is 1. The van der Waals surface area contributed by atoms with Gasteiger partial charge in [-0.2, -0.15) is 4.31 Å². The molecule has 1 N–H and O–H groups in total. The highest BCUT2D eigenvalue weighted by Crippen LogP contribution is 2.38. The van der Waals surface area contributed by atoms with Crippen LogP contribution in [0.5, 0.6) is 11.5 Å². The number of hydrogen-bond donors (Lipinski definition) is 1. The van der Waals surface area contributed by atoms with Crippen LogP contribution in [-0.4, -0.2) is 54.7 Å². The van der Waals surface area contributed by atoms with Crippen LogP contribution in [0.3, 0.4) is 0 Å². The normalized spacial score (nSPS) is 17.0. The number of benzene rings is 2. The second kappa shape index (κ2) is 9.07. The second-order valence-corrected chi connectivity index (χ2v) is 10.4. The van der Waals surface area contributed by atoms with Crippen LogP contribution in [0.15, 0.2) is 53.6 Å². The highest BCUT2D eigenvalue weighted by Gasteiger charge is 2.35. The molecular weight excluding hydrogens is 444 g/mol. The summed E-state index contributed by atoms with van der Waals surface area (Å²) in [4.78, 5) is 11.6. The Bertz CT molecular complexity index is 1260. The van der Waals surface area contributed by atoms with Gasteiger partial charge < -0.3 is 19.1 Å². The summed E-state index contributed by atoms with van der Waals surface area (Å²) < 4.78 is 40.7. The lowest BCUT2D eigenvalue weighted by Crippen LogP contribution is -2.28. The van der Waals surface area contributed by atoms with Crippen molar-refractivity contribution in [3.8, 4) is 11.5 Å². The van der Waals surface area contributed by atoms with Gasteiger partial charge in [0.05, 0.1) is 23.6 Å². The first-order valence-electron chi connectivity index (χ1n) is 10.8. The van der Waals surface area contributed by atoms with E-state index in [0.29, 0.717) is 36.5 Å². The Labute approximate surface area is 193 Å². The van der Waals surface area contributed by atoms with Crippen LogP contribution in [0.1, 0.15) is 31.7 Å². The van der Waals surface area contributed by atoms with Crippen LogP contribution < -0.4 is 9.47 Å². The maximum atomic E-state index is 13.2. The van der Waals surface area contributed by atoms with Crippen molar-refractivity contribution in [3.63, 3.8) is 0 Å². The van der Waals surface area contributed by atoms with Gasteiger partial charge in [-0.25, -0.2) is 8.42 Å². The number of para-hydroxylation sites is 1. The van der Waals surface area contributed by atoms with Gasteiger partial charge in [0.2, 0.25) is 10.0 Å². The van der Waals surface area contributed by atoms with E-state index < -0.39 is 16.0 Å². The number of nitrogens with zero attached hydrogens (tertiary/aromatic N) is 2. The van der Waals surface area contributed by atoms with Crippen LogP contribution >= 0.6 is 0 Å². The number of aliphatic carboxylic acids is 1. The van der Waals surface area contributed by atoms with E-state index in [4.69, 9.17) is 9.47 Å². The summed E-state index contributed by atoms with van der Waals surface area (Å²) in [6, 6.07) is 12.1. The molecule has 1 aliphatic rings. The van der Waals surface area contributed by atoms with Crippen LogP contribution in [0, 0.1) is 0 Å². The molecule has 1 aromatic heterocycles. The minimum absolute atomic E-state index is 0.00804. The Kier molecular flexibility index (Phi) is 6.36. The zero-order valence-corrected chi connectivity index (χ0v) is 19.7. The standard InChI is InChI=1S/C24H28N2O6S/c1-16(2)32-18-7-9-19(10-8-18)33(29,30)26-12-11-17(13-26)21-14-25(15-23(27)28)24-20(21)5-4-6-22(24)31-3/h4-10,14,16-17H,11-13,15H2,1-3H3,(H,27,28). The molecular formula is C24H28N2O6S.